The fourth-order valence-electron chi connectivity index (χ4n) is 2.48. The van der Waals surface area contributed by atoms with Crippen molar-refractivity contribution in [3.8, 4) is 0 Å². The fraction of sp³-hybridized carbons (Fsp3) is 0.200. The van der Waals surface area contributed by atoms with Crippen molar-refractivity contribution in [3.63, 3.8) is 0 Å². The molecule has 32 heavy (non-hydrogen) atoms. The molecule has 2 unspecified atom stereocenters. The van der Waals surface area contributed by atoms with Crippen LogP contribution in [0.3, 0.4) is 0 Å². The molecule has 0 aromatic heterocycles. The summed E-state index contributed by atoms with van der Waals surface area (Å²) in [6.07, 6.45) is 0. The number of hydrogen-bond acceptors (Lipinski definition) is 10. The Morgan fingerprint density at radius 3 is 1.09 bits per heavy atom. The van der Waals surface area contributed by atoms with Crippen LogP contribution in [0, 0.1) is 13.8 Å². The Hall–Kier alpha value is -2.42. The Morgan fingerprint density at radius 1 is 0.594 bits per heavy atom. The van der Waals surface area contributed by atoms with E-state index in [9.17, 15) is 47.6 Å². The summed E-state index contributed by atoms with van der Waals surface area (Å²) in [6, 6.07) is 10.6. The largest absolute Gasteiger partial charge is 0.367 e. The lowest BCUT2D eigenvalue weighted by Crippen LogP contribution is -2.43. The zero-order chi connectivity index (χ0) is 24.4. The average Bonchev–Trinajstić information content (AvgIpc) is 2.76. The van der Waals surface area contributed by atoms with Crippen molar-refractivity contribution in [2.45, 2.75) is 34.5 Å². The summed E-state index contributed by atoms with van der Waals surface area (Å²) < 4.78 is 40.8. The van der Waals surface area contributed by atoms with E-state index in [1.165, 1.54) is 48.5 Å². The van der Waals surface area contributed by atoms with E-state index < -0.39 is 55.2 Å². The summed E-state index contributed by atoms with van der Waals surface area (Å²) in [6.45, 7) is 3.38. The summed E-state index contributed by atoms with van der Waals surface area (Å²) in [5.41, 5.74) is -4.07. The summed E-state index contributed by atoms with van der Waals surface area (Å²) in [7, 11) is -8.58. The van der Waals surface area contributed by atoms with E-state index in [0.717, 1.165) is 11.1 Å². The Labute approximate surface area is 186 Å². The van der Waals surface area contributed by atoms with Crippen LogP contribution in [0.15, 0.2) is 58.3 Å². The third-order valence-corrected chi connectivity index (χ3v) is 8.07. The number of aliphatic hydroxyl groups excluding tert-OH is 2. The topological polar surface area (TPSA) is 190 Å². The van der Waals surface area contributed by atoms with E-state index in [1.807, 2.05) is 0 Å². The van der Waals surface area contributed by atoms with E-state index >= 15 is 0 Å². The molecule has 2 rings (SSSR count). The summed E-state index contributed by atoms with van der Waals surface area (Å²) in [5.74, 6) is -8.29. The van der Waals surface area contributed by atoms with Crippen molar-refractivity contribution in [1.82, 2.24) is 0 Å². The number of carbonyl (C=O) groups excluding carboxylic acids is 4. The number of aliphatic hydroxyl groups is 2. The monoisotopic (exact) mass is 486 g/mol. The Morgan fingerprint density at radius 2 is 0.844 bits per heavy atom. The lowest BCUT2D eigenvalue weighted by Gasteiger charge is -2.36. The van der Waals surface area contributed by atoms with Crippen molar-refractivity contribution in [2.24, 2.45) is 0 Å². The van der Waals surface area contributed by atoms with E-state index in [2.05, 4.69) is 0 Å². The highest BCUT2D eigenvalue weighted by Gasteiger charge is 2.44. The van der Waals surface area contributed by atoms with E-state index in [4.69, 9.17) is 0 Å². The highest BCUT2D eigenvalue weighted by atomic mass is 32.3. The van der Waals surface area contributed by atoms with Gasteiger partial charge in [-0.15, -0.1) is 21.2 Å². The zero-order valence-corrected chi connectivity index (χ0v) is 18.5. The second-order valence-corrected chi connectivity index (χ2v) is 11.1. The highest BCUT2D eigenvalue weighted by Crippen LogP contribution is 2.53. The molecule has 0 aliphatic carbocycles. The van der Waals surface area contributed by atoms with E-state index in [-0.39, 0.29) is 9.79 Å². The number of carbonyl (C=O) groups is 4. The van der Waals surface area contributed by atoms with Crippen molar-refractivity contribution in [2.75, 3.05) is 0 Å². The third-order valence-electron chi connectivity index (χ3n) is 4.46. The van der Waals surface area contributed by atoms with Crippen LogP contribution in [0.5, 0.6) is 0 Å². The lowest BCUT2D eigenvalue weighted by molar-refractivity contribution is -0.150. The van der Waals surface area contributed by atoms with Gasteiger partial charge in [-0.05, 0) is 38.1 Å². The molecule has 0 fully saturated rings. The first-order valence-electron chi connectivity index (χ1n) is 8.91. The van der Waals surface area contributed by atoms with Gasteiger partial charge in [0.15, 0.2) is 0 Å². The van der Waals surface area contributed by atoms with E-state index in [0.29, 0.717) is 0 Å². The minimum absolute atomic E-state index is 0.288. The minimum atomic E-state index is -4.29. The molecule has 0 radical (unpaired) electrons. The number of benzene rings is 2. The molecule has 12 heteroatoms. The van der Waals surface area contributed by atoms with Crippen LogP contribution in [0.25, 0.3) is 0 Å². The van der Waals surface area contributed by atoms with Crippen molar-refractivity contribution >= 4 is 44.3 Å². The van der Waals surface area contributed by atoms with Crippen LogP contribution < -0.4 is 0 Å². The molecular weight excluding hydrogens is 464 g/mol. The molecule has 10 nitrogen and oxygen atoms in total. The maximum atomic E-state index is 12.2. The number of ketones is 4. The van der Waals surface area contributed by atoms with Gasteiger partial charge in [0.25, 0.3) is 23.1 Å². The van der Waals surface area contributed by atoms with Crippen LogP contribution >= 0.6 is 21.2 Å². The molecule has 0 saturated carbocycles. The average molecular weight is 487 g/mol. The number of Topliss-reactive ketones (excluding diaryl/α,β-unsaturated/α-hetero) is 4. The highest BCUT2D eigenvalue weighted by molar-refractivity contribution is 8.25. The number of aryl methyl sites for hydroxylation is 2. The molecule has 174 valence electrons. The van der Waals surface area contributed by atoms with Crippen LogP contribution in [0.1, 0.15) is 11.1 Å². The predicted octanol–water partition coefficient (Wildman–Crippen LogP) is 2.14. The van der Waals surface area contributed by atoms with Gasteiger partial charge in [0.1, 0.15) is 0 Å². The predicted molar refractivity (Wildman–Crippen MR) is 117 cm³/mol. The van der Waals surface area contributed by atoms with Gasteiger partial charge in [-0.3, -0.25) is 37.4 Å². The smallest absolute Gasteiger partial charge is 0.276 e. The van der Waals surface area contributed by atoms with Gasteiger partial charge in [0, 0.05) is 0 Å². The standard InChI is InChI=1S/C20H22O10S2/c1-11-3-7-13(8-4-11)31(27,28)19(25)17(23)15(21)16(22)18(24)20(26)32(29,30)14-9-5-12(2)6-10-14/h3-10,19-20,25-30H,1-2H3. The third kappa shape index (κ3) is 5.14. The molecule has 2 atom stereocenters. The summed E-state index contributed by atoms with van der Waals surface area (Å²) in [4.78, 5) is 48.0. The second-order valence-electron chi connectivity index (χ2n) is 6.90. The maximum Gasteiger partial charge on any atom is 0.276 e. The number of rotatable bonds is 9. The lowest BCUT2D eigenvalue weighted by atomic mass is 10.1. The fourth-order valence-corrected chi connectivity index (χ4v) is 4.88. The van der Waals surface area contributed by atoms with E-state index in [1.54, 1.807) is 13.8 Å². The summed E-state index contributed by atoms with van der Waals surface area (Å²) in [5, 5.41) is 20.0. The molecule has 0 bridgehead atoms. The normalized spacial score (nSPS) is 14.9. The van der Waals surface area contributed by atoms with Crippen LogP contribution in [0.2, 0.25) is 0 Å². The molecule has 0 aliphatic heterocycles. The molecular formula is C20H22O10S2. The molecule has 0 heterocycles. The maximum absolute atomic E-state index is 12.2. The Kier molecular flexibility index (Phi) is 7.75. The summed E-state index contributed by atoms with van der Waals surface area (Å²) >= 11 is 0. The van der Waals surface area contributed by atoms with Gasteiger partial charge >= 0.3 is 0 Å². The van der Waals surface area contributed by atoms with Gasteiger partial charge in [-0.25, -0.2) is 0 Å². The van der Waals surface area contributed by atoms with Gasteiger partial charge in [-0.2, -0.15) is 0 Å². The van der Waals surface area contributed by atoms with Gasteiger partial charge < -0.3 is 10.2 Å². The molecule has 0 aliphatic rings. The first-order valence-corrected chi connectivity index (χ1v) is 12.1. The molecule has 6 N–H and O–H groups in total. The second kappa shape index (κ2) is 9.60. The van der Waals surface area contributed by atoms with Gasteiger partial charge in [0.2, 0.25) is 10.9 Å². The van der Waals surface area contributed by atoms with Crippen molar-refractivity contribution < 1.29 is 47.6 Å². The molecule has 0 saturated heterocycles. The quantitative estimate of drug-likeness (QED) is 0.226. The van der Waals surface area contributed by atoms with Crippen LogP contribution in [0.4, 0.5) is 0 Å². The molecule has 2 aromatic carbocycles. The molecule has 0 spiro atoms. The molecule has 0 amide bonds. The SMILES string of the molecule is Cc1ccc(S(O)(O)C(O)C(=O)C(=O)C(=O)C(=O)C(O)S(O)(O)c2ccc(C)cc2)cc1. The van der Waals surface area contributed by atoms with Crippen LogP contribution in [-0.2, 0) is 19.2 Å². The first-order chi connectivity index (χ1) is 14.7. The minimum Gasteiger partial charge on any atom is -0.367 e. The van der Waals surface area contributed by atoms with Crippen LogP contribution in [-0.4, -0.2) is 62.4 Å². The van der Waals surface area contributed by atoms with Crippen molar-refractivity contribution in [3.05, 3.63) is 59.7 Å². The zero-order valence-electron chi connectivity index (χ0n) is 16.9. The Balaban J connectivity index is 2.21. The Bertz CT molecular complexity index is 960. The molecule has 2 aromatic rings. The number of hydrogen-bond donors (Lipinski definition) is 6. The van der Waals surface area contributed by atoms with Gasteiger partial charge in [-0.1, -0.05) is 35.4 Å². The van der Waals surface area contributed by atoms with Crippen molar-refractivity contribution in [1.29, 1.82) is 0 Å². The van der Waals surface area contributed by atoms with Gasteiger partial charge in [0.05, 0.1) is 9.79 Å². The first kappa shape index (κ1) is 25.8.